The van der Waals surface area contributed by atoms with Crippen molar-refractivity contribution in [3.63, 3.8) is 0 Å². The van der Waals surface area contributed by atoms with E-state index in [2.05, 4.69) is 57.0 Å². The van der Waals surface area contributed by atoms with Crippen LogP contribution in [0.5, 0.6) is 0 Å². The van der Waals surface area contributed by atoms with Gasteiger partial charge in [0.05, 0.1) is 0 Å². The maximum Gasteiger partial charge on any atom is 0.0204 e. The lowest BCUT2D eigenvalue weighted by Gasteiger charge is -2.01. The summed E-state index contributed by atoms with van der Waals surface area (Å²) in [7, 11) is 0. The Hall–Kier alpha value is 0.180. The van der Waals surface area contributed by atoms with Crippen molar-refractivity contribution in [3.05, 3.63) is 33.8 Å². The zero-order valence-electron chi connectivity index (χ0n) is 6.40. The Morgan fingerprint density at radius 2 is 2.09 bits per heavy atom. The van der Waals surface area contributed by atoms with Gasteiger partial charge in [-0.1, -0.05) is 44.0 Å². The minimum Gasteiger partial charge on any atom is -0.0924 e. The first kappa shape index (κ1) is 9.27. The highest BCUT2D eigenvalue weighted by Gasteiger charge is 1.95. The Balaban J connectivity index is 2.86. The standard InChI is InChI=1S/C9H10Br2/c1-7-6-8(4-5-10)2-3-9(7)11/h2-3,6H,4-5H2,1H3. The van der Waals surface area contributed by atoms with Gasteiger partial charge in [0.25, 0.3) is 0 Å². The fourth-order valence-electron chi connectivity index (χ4n) is 0.971. The molecule has 1 aromatic carbocycles. The SMILES string of the molecule is Cc1cc(CCBr)ccc1Br. The molecule has 1 rings (SSSR count). The molecule has 0 saturated heterocycles. The van der Waals surface area contributed by atoms with Gasteiger partial charge in [-0.05, 0) is 30.5 Å². The third kappa shape index (κ3) is 2.60. The summed E-state index contributed by atoms with van der Waals surface area (Å²) in [6.07, 6.45) is 1.11. The molecular weight excluding hydrogens is 268 g/mol. The van der Waals surface area contributed by atoms with Crippen molar-refractivity contribution in [1.29, 1.82) is 0 Å². The highest BCUT2D eigenvalue weighted by atomic mass is 79.9. The zero-order valence-corrected chi connectivity index (χ0v) is 9.57. The van der Waals surface area contributed by atoms with E-state index < -0.39 is 0 Å². The molecule has 0 aliphatic heterocycles. The molecule has 11 heavy (non-hydrogen) atoms. The Bertz CT molecular complexity index is 243. The van der Waals surface area contributed by atoms with Gasteiger partial charge >= 0.3 is 0 Å². The van der Waals surface area contributed by atoms with Crippen molar-refractivity contribution in [3.8, 4) is 0 Å². The van der Waals surface area contributed by atoms with Crippen LogP contribution >= 0.6 is 31.9 Å². The van der Waals surface area contributed by atoms with Crippen LogP contribution in [-0.4, -0.2) is 5.33 Å². The summed E-state index contributed by atoms with van der Waals surface area (Å²) >= 11 is 6.89. The lowest BCUT2D eigenvalue weighted by molar-refractivity contribution is 1.15. The van der Waals surface area contributed by atoms with Crippen LogP contribution < -0.4 is 0 Å². The molecule has 1 aromatic rings. The fourth-order valence-corrected chi connectivity index (χ4v) is 1.68. The van der Waals surface area contributed by atoms with Crippen LogP contribution in [-0.2, 0) is 6.42 Å². The summed E-state index contributed by atoms with van der Waals surface area (Å²) < 4.78 is 1.19. The largest absolute Gasteiger partial charge is 0.0924 e. The van der Waals surface area contributed by atoms with E-state index in [1.165, 1.54) is 15.6 Å². The van der Waals surface area contributed by atoms with Gasteiger partial charge in [0.2, 0.25) is 0 Å². The van der Waals surface area contributed by atoms with Gasteiger partial charge in [0.1, 0.15) is 0 Å². The second-order valence-electron chi connectivity index (χ2n) is 2.52. The first-order valence-corrected chi connectivity index (χ1v) is 5.46. The van der Waals surface area contributed by atoms with E-state index in [-0.39, 0.29) is 0 Å². The van der Waals surface area contributed by atoms with E-state index in [9.17, 15) is 0 Å². The third-order valence-corrected chi connectivity index (χ3v) is 2.89. The van der Waals surface area contributed by atoms with Gasteiger partial charge < -0.3 is 0 Å². The summed E-state index contributed by atoms with van der Waals surface area (Å²) in [5, 5.41) is 1.04. The lowest BCUT2D eigenvalue weighted by Crippen LogP contribution is -1.86. The predicted octanol–water partition coefficient (Wildman–Crippen LogP) is 3.69. The van der Waals surface area contributed by atoms with Crippen molar-refractivity contribution in [2.24, 2.45) is 0 Å². The number of benzene rings is 1. The number of rotatable bonds is 2. The normalized spacial score (nSPS) is 10.1. The minimum atomic E-state index is 1.04. The molecule has 0 aliphatic rings. The van der Waals surface area contributed by atoms with Crippen molar-refractivity contribution in [2.45, 2.75) is 13.3 Å². The molecule has 0 bridgehead atoms. The monoisotopic (exact) mass is 276 g/mol. The second kappa shape index (κ2) is 4.27. The van der Waals surface area contributed by atoms with E-state index >= 15 is 0 Å². The first-order chi connectivity index (χ1) is 5.24. The quantitative estimate of drug-likeness (QED) is 0.724. The predicted molar refractivity (Wildman–Crippen MR) is 56.4 cm³/mol. The molecule has 0 spiro atoms. The van der Waals surface area contributed by atoms with Crippen molar-refractivity contribution >= 4 is 31.9 Å². The zero-order chi connectivity index (χ0) is 8.27. The van der Waals surface area contributed by atoms with E-state index in [0.29, 0.717) is 0 Å². The molecule has 0 fully saturated rings. The van der Waals surface area contributed by atoms with Crippen LogP contribution in [0.4, 0.5) is 0 Å². The third-order valence-electron chi connectivity index (χ3n) is 1.61. The summed E-state index contributed by atoms with van der Waals surface area (Å²) in [5.74, 6) is 0. The van der Waals surface area contributed by atoms with Crippen LogP contribution in [0.15, 0.2) is 22.7 Å². The van der Waals surface area contributed by atoms with Gasteiger partial charge in [0.15, 0.2) is 0 Å². The number of hydrogen-bond acceptors (Lipinski definition) is 0. The molecule has 0 heterocycles. The maximum atomic E-state index is 3.47. The van der Waals surface area contributed by atoms with Crippen LogP contribution in [0.1, 0.15) is 11.1 Å². The topological polar surface area (TPSA) is 0 Å². The fraction of sp³-hybridized carbons (Fsp3) is 0.333. The number of halogens is 2. The van der Waals surface area contributed by atoms with E-state index in [1.807, 2.05) is 0 Å². The number of aryl methyl sites for hydroxylation is 2. The Morgan fingerprint density at radius 1 is 1.36 bits per heavy atom. The first-order valence-electron chi connectivity index (χ1n) is 3.55. The molecule has 0 aromatic heterocycles. The molecule has 60 valence electrons. The Labute approximate surface area is 84.3 Å². The second-order valence-corrected chi connectivity index (χ2v) is 4.17. The van der Waals surface area contributed by atoms with Crippen molar-refractivity contribution in [1.82, 2.24) is 0 Å². The van der Waals surface area contributed by atoms with Crippen LogP contribution in [0.2, 0.25) is 0 Å². The molecule has 0 atom stereocenters. The van der Waals surface area contributed by atoms with Gasteiger partial charge in [0, 0.05) is 9.80 Å². The average Bonchev–Trinajstić information content (AvgIpc) is 1.98. The number of hydrogen-bond donors (Lipinski definition) is 0. The van der Waals surface area contributed by atoms with Crippen LogP contribution in [0, 0.1) is 6.92 Å². The Morgan fingerprint density at radius 3 is 2.64 bits per heavy atom. The molecule has 0 N–H and O–H groups in total. The molecule has 2 heteroatoms. The summed E-state index contributed by atoms with van der Waals surface area (Å²) in [4.78, 5) is 0. The molecule has 0 amide bonds. The summed E-state index contributed by atoms with van der Waals surface area (Å²) in [5.41, 5.74) is 2.70. The highest BCUT2D eigenvalue weighted by Crippen LogP contribution is 2.17. The van der Waals surface area contributed by atoms with Gasteiger partial charge in [-0.25, -0.2) is 0 Å². The molecule has 0 aliphatic carbocycles. The maximum absolute atomic E-state index is 3.47. The average molecular weight is 278 g/mol. The molecule has 0 radical (unpaired) electrons. The minimum absolute atomic E-state index is 1.04. The van der Waals surface area contributed by atoms with Gasteiger partial charge in [-0.2, -0.15) is 0 Å². The van der Waals surface area contributed by atoms with Gasteiger partial charge in [-0.15, -0.1) is 0 Å². The van der Waals surface area contributed by atoms with Crippen LogP contribution in [0.25, 0.3) is 0 Å². The smallest absolute Gasteiger partial charge is 0.0204 e. The van der Waals surface area contributed by atoms with Crippen LogP contribution in [0.3, 0.4) is 0 Å². The van der Waals surface area contributed by atoms with E-state index in [4.69, 9.17) is 0 Å². The Kier molecular flexibility index (Phi) is 3.60. The molecular formula is C9H10Br2. The highest BCUT2D eigenvalue weighted by molar-refractivity contribution is 9.10. The lowest BCUT2D eigenvalue weighted by atomic mass is 10.1. The van der Waals surface area contributed by atoms with Crippen molar-refractivity contribution < 1.29 is 0 Å². The number of alkyl halides is 1. The van der Waals surface area contributed by atoms with Gasteiger partial charge in [-0.3, -0.25) is 0 Å². The summed E-state index contributed by atoms with van der Waals surface area (Å²) in [6, 6.07) is 6.47. The molecule has 0 unspecified atom stereocenters. The molecule has 0 nitrogen and oxygen atoms in total. The molecule has 0 saturated carbocycles. The van der Waals surface area contributed by atoms with Crippen molar-refractivity contribution in [2.75, 3.05) is 5.33 Å². The van der Waals surface area contributed by atoms with E-state index in [0.717, 1.165) is 11.8 Å². The van der Waals surface area contributed by atoms with E-state index in [1.54, 1.807) is 0 Å². The summed E-state index contributed by atoms with van der Waals surface area (Å²) in [6.45, 7) is 2.11.